The molecule has 6 heteroatoms. The van der Waals surface area contributed by atoms with Gasteiger partial charge in [-0.15, -0.1) is 0 Å². The molecule has 6 nitrogen and oxygen atoms in total. The summed E-state index contributed by atoms with van der Waals surface area (Å²) >= 11 is 0. The maximum Gasteiger partial charge on any atom is 0.321 e. The van der Waals surface area contributed by atoms with E-state index >= 15 is 0 Å². The summed E-state index contributed by atoms with van der Waals surface area (Å²) in [6.07, 6.45) is 5.33. The number of hydrogen-bond acceptors (Lipinski definition) is 6. The molecule has 0 spiro atoms. The maximum absolute atomic E-state index is 12.5. The zero-order valence-corrected chi connectivity index (χ0v) is 13.1. The van der Waals surface area contributed by atoms with E-state index in [9.17, 15) is 4.79 Å². The lowest BCUT2D eigenvalue weighted by Gasteiger charge is -2.26. The van der Waals surface area contributed by atoms with E-state index in [4.69, 9.17) is 14.0 Å². The third-order valence-electron chi connectivity index (χ3n) is 4.19. The summed E-state index contributed by atoms with van der Waals surface area (Å²) in [5.41, 5.74) is -0.786. The van der Waals surface area contributed by atoms with E-state index in [0.29, 0.717) is 31.2 Å². The van der Waals surface area contributed by atoms with Gasteiger partial charge in [0, 0.05) is 7.11 Å². The molecule has 21 heavy (non-hydrogen) atoms. The molecule has 1 aromatic rings. The van der Waals surface area contributed by atoms with E-state index in [0.717, 1.165) is 25.7 Å². The molecule has 1 unspecified atom stereocenters. The highest BCUT2D eigenvalue weighted by atomic mass is 16.5. The van der Waals surface area contributed by atoms with E-state index in [1.54, 1.807) is 7.11 Å². The highest BCUT2D eigenvalue weighted by Gasteiger charge is 2.47. The monoisotopic (exact) mass is 296 g/mol. The van der Waals surface area contributed by atoms with Crippen LogP contribution in [0, 0.1) is 0 Å². The molecule has 1 fully saturated rings. The number of ether oxygens (including phenoxy) is 2. The van der Waals surface area contributed by atoms with E-state index < -0.39 is 5.41 Å². The second-order valence-electron chi connectivity index (χ2n) is 5.55. The van der Waals surface area contributed by atoms with Crippen LogP contribution < -0.4 is 0 Å². The summed E-state index contributed by atoms with van der Waals surface area (Å²) in [4.78, 5) is 17.0. The number of methoxy groups -OCH3 is 1. The second kappa shape index (κ2) is 7.02. The zero-order chi connectivity index (χ0) is 15.3. The minimum atomic E-state index is -0.786. The third kappa shape index (κ3) is 3.26. The summed E-state index contributed by atoms with van der Waals surface area (Å²) in [5, 5.41) is 3.96. The molecule has 0 amide bonds. The van der Waals surface area contributed by atoms with Crippen LogP contribution in [0.2, 0.25) is 0 Å². The Morgan fingerprint density at radius 3 is 2.57 bits per heavy atom. The molecule has 1 aromatic heterocycles. The Labute approximate surface area is 125 Å². The van der Waals surface area contributed by atoms with Gasteiger partial charge in [-0.05, 0) is 26.7 Å². The molecule has 1 aliphatic rings. The highest BCUT2D eigenvalue weighted by molar-refractivity contribution is 5.81. The van der Waals surface area contributed by atoms with Crippen LogP contribution in [0.5, 0.6) is 0 Å². The Morgan fingerprint density at radius 2 is 2.00 bits per heavy atom. The third-order valence-corrected chi connectivity index (χ3v) is 4.19. The summed E-state index contributed by atoms with van der Waals surface area (Å²) in [6.45, 7) is 4.02. The Bertz CT molecular complexity index is 464. The topological polar surface area (TPSA) is 74.5 Å². The number of esters is 1. The fourth-order valence-electron chi connectivity index (χ4n) is 2.81. The van der Waals surface area contributed by atoms with Crippen molar-refractivity contribution in [1.82, 2.24) is 10.1 Å². The number of carbonyl (C=O) groups excluding carboxylic acids is 1. The van der Waals surface area contributed by atoms with Gasteiger partial charge in [0.2, 0.25) is 5.89 Å². The Balaban J connectivity index is 2.34. The van der Waals surface area contributed by atoms with Gasteiger partial charge in [0.15, 0.2) is 5.82 Å². The van der Waals surface area contributed by atoms with E-state index in [-0.39, 0.29) is 12.1 Å². The van der Waals surface area contributed by atoms with E-state index in [2.05, 4.69) is 10.1 Å². The summed E-state index contributed by atoms with van der Waals surface area (Å²) in [5.74, 6) is 0.606. The van der Waals surface area contributed by atoms with Gasteiger partial charge in [-0.2, -0.15) is 4.98 Å². The van der Waals surface area contributed by atoms with Crippen LogP contribution in [0.25, 0.3) is 0 Å². The van der Waals surface area contributed by atoms with Crippen LogP contribution >= 0.6 is 0 Å². The fraction of sp³-hybridized carbons (Fsp3) is 0.800. The number of nitrogens with zero attached hydrogens (tertiary/aromatic N) is 2. The van der Waals surface area contributed by atoms with Crippen LogP contribution in [0.3, 0.4) is 0 Å². The molecule has 1 aliphatic carbocycles. The zero-order valence-electron chi connectivity index (χ0n) is 13.1. The molecular weight excluding hydrogens is 272 g/mol. The SMILES string of the molecule is CCOC(=O)C1(c2nc(C(C)OC)no2)CCCCCC1. The Morgan fingerprint density at radius 1 is 1.33 bits per heavy atom. The van der Waals surface area contributed by atoms with Crippen molar-refractivity contribution < 1.29 is 18.8 Å². The van der Waals surface area contributed by atoms with Crippen LogP contribution in [-0.4, -0.2) is 29.8 Å². The Kier molecular flexibility index (Phi) is 5.33. The summed E-state index contributed by atoms with van der Waals surface area (Å²) in [6, 6.07) is 0. The minimum absolute atomic E-state index is 0.243. The normalized spacial score (nSPS) is 19.8. The van der Waals surface area contributed by atoms with Crippen molar-refractivity contribution in [2.45, 2.75) is 63.9 Å². The molecule has 0 aliphatic heterocycles. The first-order valence-electron chi connectivity index (χ1n) is 7.68. The van der Waals surface area contributed by atoms with Crippen molar-refractivity contribution in [1.29, 1.82) is 0 Å². The molecule has 1 heterocycles. The molecule has 1 atom stereocenters. The van der Waals surface area contributed by atoms with Crippen LogP contribution in [0.4, 0.5) is 0 Å². The van der Waals surface area contributed by atoms with Gasteiger partial charge in [-0.1, -0.05) is 30.8 Å². The molecule has 2 rings (SSSR count). The standard InChI is InChI=1S/C15H24N2O4/c1-4-20-14(18)15(9-7-5-6-8-10-15)13-16-12(17-21-13)11(2)19-3/h11H,4-10H2,1-3H3. The highest BCUT2D eigenvalue weighted by Crippen LogP contribution is 2.39. The van der Waals surface area contributed by atoms with Gasteiger partial charge in [0.1, 0.15) is 11.5 Å². The largest absolute Gasteiger partial charge is 0.465 e. The smallest absolute Gasteiger partial charge is 0.321 e. The van der Waals surface area contributed by atoms with Crippen LogP contribution in [0.1, 0.15) is 70.2 Å². The van der Waals surface area contributed by atoms with Crippen molar-refractivity contribution in [3.8, 4) is 0 Å². The van der Waals surface area contributed by atoms with E-state index in [1.165, 1.54) is 0 Å². The van der Waals surface area contributed by atoms with Gasteiger partial charge in [0.25, 0.3) is 0 Å². The minimum Gasteiger partial charge on any atom is -0.465 e. The van der Waals surface area contributed by atoms with Crippen molar-refractivity contribution in [2.24, 2.45) is 0 Å². The maximum atomic E-state index is 12.5. The van der Waals surface area contributed by atoms with Gasteiger partial charge in [-0.3, -0.25) is 4.79 Å². The number of carbonyl (C=O) groups is 1. The first-order valence-corrected chi connectivity index (χ1v) is 7.68. The van der Waals surface area contributed by atoms with Gasteiger partial charge >= 0.3 is 5.97 Å². The lowest BCUT2D eigenvalue weighted by atomic mass is 9.80. The fourth-order valence-corrected chi connectivity index (χ4v) is 2.81. The first kappa shape index (κ1) is 15.9. The van der Waals surface area contributed by atoms with Crippen molar-refractivity contribution in [2.75, 3.05) is 13.7 Å². The average molecular weight is 296 g/mol. The molecule has 1 saturated carbocycles. The van der Waals surface area contributed by atoms with E-state index in [1.807, 2.05) is 13.8 Å². The lowest BCUT2D eigenvalue weighted by Crippen LogP contribution is -2.37. The Hall–Kier alpha value is -1.43. The first-order chi connectivity index (χ1) is 10.1. The molecule has 0 bridgehead atoms. The van der Waals surface area contributed by atoms with Gasteiger partial charge < -0.3 is 14.0 Å². The van der Waals surface area contributed by atoms with Crippen LogP contribution in [0.15, 0.2) is 4.52 Å². The average Bonchev–Trinajstić information content (AvgIpc) is 2.85. The number of hydrogen-bond donors (Lipinski definition) is 0. The molecule has 0 saturated heterocycles. The predicted molar refractivity (Wildman–Crippen MR) is 75.7 cm³/mol. The van der Waals surface area contributed by atoms with Crippen molar-refractivity contribution >= 4 is 5.97 Å². The number of aromatic nitrogens is 2. The quantitative estimate of drug-likeness (QED) is 0.614. The van der Waals surface area contributed by atoms with Crippen LogP contribution in [-0.2, 0) is 19.7 Å². The van der Waals surface area contributed by atoms with Gasteiger partial charge in [-0.25, -0.2) is 0 Å². The molecular formula is C15H24N2O4. The molecule has 0 radical (unpaired) electrons. The summed E-state index contributed by atoms with van der Waals surface area (Å²) in [7, 11) is 1.59. The predicted octanol–water partition coefficient (Wildman–Crippen LogP) is 2.93. The molecule has 118 valence electrons. The lowest BCUT2D eigenvalue weighted by molar-refractivity contribution is -0.152. The van der Waals surface area contributed by atoms with Crippen molar-refractivity contribution in [3.63, 3.8) is 0 Å². The van der Waals surface area contributed by atoms with Gasteiger partial charge in [0.05, 0.1) is 6.61 Å². The molecule has 0 aromatic carbocycles. The van der Waals surface area contributed by atoms with Crippen molar-refractivity contribution in [3.05, 3.63) is 11.7 Å². The summed E-state index contributed by atoms with van der Waals surface area (Å²) < 4.78 is 15.9. The molecule has 0 N–H and O–H groups in total. The number of rotatable bonds is 5. The second-order valence-corrected chi connectivity index (χ2v) is 5.55.